The Kier molecular flexibility index (Phi) is 22.8. The molecule has 0 aromatic heterocycles. The van der Waals surface area contributed by atoms with Crippen LogP contribution in [0.3, 0.4) is 0 Å². The number of carbonyl (C=O) groups excluding carboxylic acids is 5. The summed E-state index contributed by atoms with van der Waals surface area (Å²) in [5, 5.41) is 0. The molecule has 5 aromatic rings. The molecule has 0 saturated heterocycles. The molecule has 0 heterocycles. The maximum absolute atomic E-state index is 13.3. The second-order valence-electron chi connectivity index (χ2n) is 15.9. The van der Waals surface area contributed by atoms with Crippen LogP contribution in [0.2, 0.25) is 0 Å². The Bertz CT molecular complexity index is 2680. The van der Waals surface area contributed by atoms with Crippen molar-refractivity contribution >= 4 is 29.8 Å². The first-order valence-electron chi connectivity index (χ1n) is 23.7. The fourth-order valence-electron chi connectivity index (χ4n) is 6.43. The van der Waals surface area contributed by atoms with Gasteiger partial charge in [-0.2, -0.15) is 0 Å². The fraction of sp³-hybridized carbons (Fsp3) is 0.271. The molecule has 0 aliphatic rings. The van der Waals surface area contributed by atoms with Crippen LogP contribution in [-0.2, 0) is 23.8 Å². The minimum absolute atomic E-state index is 0.0522. The summed E-state index contributed by atoms with van der Waals surface area (Å²) in [6, 6.07) is 32.3. The van der Waals surface area contributed by atoms with E-state index in [1.54, 1.807) is 48.5 Å². The lowest BCUT2D eigenvalue weighted by molar-refractivity contribution is -0.138. The Balaban J connectivity index is 1.10. The van der Waals surface area contributed by atoms with Gasteiger partial charge in [0.25, 0.3) is 0 Å². The van der Waals surface area contributed by atoms with Crippen LogP contribution in [0.4, 0.5) is 0 Å². The molecule has 0 amide bonds. The Labute approximate surface area is 415 Å². The summed E-state index contributed by atoms with van der Waals surface area (Å²) < 4.78 is 38.4. The normalized spacial score (nSPS) is 10.2. The minimum atomic E-state index is -0.735. The molecular formula is C59H58O12. The van der Waals surface area contributed by atoms with Crippen molar-refractivity contribution in [1.29, 1.82) is 0 Å². The Morgan fingerprint density at radius 1 is 0.423 bits per heavy atom. The fourth-order valence-corrected chi connectivity index (χ4v) is 6.43. The van der Waals surface area contributed by atoms with Gasteiger partial charge in [0.05, 0.1) is 44.2 Å². The lowest BCUT2D eigenvalue weighted by Crippen LogP contribution is -2.14. The molecule has 0 atom stereocenters. The zero-order chi connectivity index (χ0) is 50.5. The molecule has 5 rings (SSSR count). The third-order valence-electron chi connectivity index (χ3n) is 10.4. The summed E-state index contributed by atoms with van der Waals surface area (Å²) in [5.74, 6) is 11.0. The highest BCUT2D eigenvalue weighted by atomic mass is 16.6. The average Bonchev–Trinajstić information content (AvgIpc) is 3.40. The first kappa shape index (κ1) is 53.6. The molecule has 0 bridgehead atoms. The van der Waals surface area contributed by atoms with E-state index in [0.29, 0.717) is 44.0 Å². The van der Waals surface area contributed by atoms with E-state index in [1.165, 1.54) is 18.2 Å². The minimum Gasteiger partial charge on any atom is -0.494 e. The van der Waals surface area contributed by atoms with E-state index in [2.05, 4.69) is 36.8 Å². The Hall–Kier alpha value is -8.35. The molecule has 0 spiro atoms. The van der Waals surface area contributed by atoms with E-state index < -0.39 is 29.8 Å². The first-order chi connectivity index (χ1) is 34.6. The van der Waals surface area contributed by atoms with Crippen molar-refractivity contribution in [3.05, 3.63) is 180 Å². The number of hydrogen-bond acceptors (Lipinski definition) is 12. The van der Waals surface area contributed by atoms with E-state index in [4.69, 9.17) is 33.2 Å². The molecule has 0 N–H and O–H groups in total. The van der Waals surface area contributed by atoms with Crippen LogP contribution in [0.5, 0.6) is 23.0 Å². The van der Waals surface area contributed by atoms with Crippen molar-refractivity contribution in [1.82, 2.24) is 0 Å². The summed E-state index contributed by atoms with van der Waals surface area (Å²) in [6.07, 6.45) is 10.9. The van der Waals surface area contributed by atoms with Gasteiger partial charge in [-0.1, -0.05) is 50.2 Å². The van der Waals surface area contributed by atoms with E-state index in [1.807, 2.05) is 55.5 Å². The summed E-state index contributed by atoms with van der Waals surface area (Å²) in [6.45, 7) is 10.8. The molecule has 0 saturated carbocycles. The van der Waals surface area contributed by atoms with Crippen LogP contribution in [0, 0.1) is 23.7 Å². The standard InChI is InChI=1S/C59H58O12/c1-4-7-38-69-59(64)53-43-52(70-57(62)48-28-20-44(21-29-48)16-18-46-24-32-50(33-25-46)65-39-12-8-10-14-41-67-55(60)5-2)36-37-54(53)71-58(63)49-30-22-45(23-31-49)17-19-47-26-34-51(35-27-47)66-40-13-9-11-15-42-68-56(61)6-3/h5-6,20-37,43H,2-4,7-15,38-42H2,1H3. The van der Waals surface area contributed by atoms with Crippen LogP contribution in [-0.4, -0.2) is 62.9 Å². The Morgan fingerprint density at radius 2 is 0.803 bits per heavy atom. The van der Waals surface area contributed by atoms with Crippen molar-refractivity contribution in [2.75, 3.05) is 33.0 Å². The van der Waals surface area contributed by atoms with Gasteiger partial charge in [-0.3, -0.25) is 0 Å². The predicted molar refractivity (Wildman–Crippen MR) is 270 cm³/mol. The van der Waals surface area contributed by atoms with Gasteiger partial charge in [0.1, 0.15) is 28.6 Å². The van der Waals surface area contributed by atoms with Crippen LogP contribution < -0.4 is 18.9 Å². The third-order valence-corrected chi connectivity index (χ3v) is 10.4. The van der Waals surface area contributed by atoms with Crippen molar-refractivity contribution in [3.8, 4) is 46.7 Å². The highest BCUT2D eigenvalue weighted by Gasteiger charge is 2.21. The zero-order valence-corrected chi connectivity index (χ0v) is 40.0. The maximum Gasteiger partial charge on any atom is 0.343 e. The summed E-state index contributed by atoms with van der Waals surface area (Å²) >= 11 is 0. The van der Waals surface area contributed by atoms with Gasteiger partial charge < -0.3 is 33.2 Å². The average molecular weight is 959 g/mol. The largest absolute Gasteiger partial charge is 0.494 e. The molecule has 0 aliphatic heterocycles. The molecule has 0 radical (unpaired) electrons. The number of esters is 5. The Morgan fingerprint density at radius 3 is 1.23 bits per heavy atom. The lowest BCUT2D eigenvalue weighted by atomic mass is 10.1. The molecule has 12 nitrogen and oxygen atoms in total. The molecule has 0 aliphatic carbocycles. The lowest BCUT2D eigenvalue weighted by Gasteiger charge is -2.12. The first-order valence-corrected chi connectivity index (χ1v) is 23.7. The monoisotopic (exact) mass is 958 g/mol. The van der Waals surface area contributed by atoms with Gasteiger partial charge in [-0.25, -0.2) is 24.0 Å². The second kappa shape index (κ2) is 30.2. The SMILES string of the molecule is C=CC(=O)OCCCCCCOc1ccc(C#Cc2ccc(C(=O)Oc3ccc(OC(=O)c4ccc(C#Cc5ccc(OCCCCCCOC(=O)C=C)cc5)cc4)c(C(=O)OCCCC)c3)cc2)cc1. The highest BCUT2D eigenvalue weighted by Crippen LogP contribution is 2.27. The third kappa shape index (κ3) is 19.7. The molecule has 0 unspecified atom stereocenters. The summed E-state index contributed by atoms with van der Waals surface area (Å²) in [5.41, 5.74) is 3.34. The van der Waals surface area contributed by atoms with Gasteiger partial charge in [0.15, 0.2) is 0 Å². The van der Waals surface area contributed by atoms with Crippen LogP contribution in [0.25, 0.3) is 0 Å². The van der Waals surface area contributed by atoms with Gasteiger partial charge in [0, 0.05) is 34.4 Å². The molecular weight excluding hydrogens is 901 g/mol. The van der Waals surface area contributed by atoms with E-state index >= 15 is 0 Å². The van der Waals surface area contributed by atoms with E-state index in [0.717, 1.165) is 92.6 Å². The molecule has 0 fully saturated rings. The molecule has 366 valence electrons. The molecule has 12 heteroatoms. The zero-order valence-electron chi connectivity index (χ0n) is 40.0. The van der Waals surface area contributed by atoms with Crippen molar-refractivity contribution in [3.63, 3.8) is 0 Å². The number of rotatable bonds is 26. The molecule has 5 aromatic carbocycles. The number of benzene rings is 5. The van der Waals surface area contributed by atoms with Gasteiger partial charge in [-0.05, 0) is 173 Å². The smallest absolute Gasteiger partial charge is 0.343 e. The number of ether oxygens (including phenoxy) is 7. The van der Waals surface area contributed by atoms with Gasteiger partial charge in [-0.15, -0.1) is 0 Å². The van der Waals surface area contributed by atoms with Crippen LogP contribution >= 0.6 is 0 Å². The topological polar surface area (TPSA) is 150 Å². The van der Waals surface area contributed by atoms with Crippen molar-refractivity contribution in [2.24, 2.45) is 0 Å². The quantitative estimate of drug-likeness (QED) is 0.0130. The summed E-state index contributed by atoms with van der Waals surface area (Å²) in [7, 11) is 0. The van der Waals surface area contributed by atoms with E-state index in [-0.39, 0.29) is 34.8 Å². The van der Waals surface area contributed by atoms with Crippen LogP contribution in [0.1, 0.15) is 124 Å². The van der Waals surface area contributed by atoms with Gasteiger partial charge in [0.2, 0.25) is 0 Å². The number of hydrogen-bond donors (Lipinski definition) is 0. The van der Waals surface area contributed by atoms with Crippen molar-refractivity contribution < 1.29 is 57.1 Å². The van der Waals surface area contributed by atoms with E-state index in [9.17, 15) is 24.0 Å². The summed E-state index contributed by atoms with van der Waals surface area (Å²) in [4.78, 5) is 62.0. The maximum atomic E-state index is 13.3. The predicted octanol–water partition coefficient (Wildman–Crippen LogP) is 11.2. The molecule has 71 heavy (non-hydrogen) atoms. The van der Waals surface area contributed by atoms with Crippen LogP contribution in [0.15, 0.2) is 141 Å². The number of unbranched alkanes of at least 4 members (excludes halogenated alkanes) is 7. The van der Waals surface area contributed by atoms with Crippen molar-refractivity contribution in [2.45, 2.75) is 71.1 Å². The second-order valence-corrected chi connectivity index (χ2v) is 15.9. The van der Waals surface area contributed by atoms with Gasteiger partial charge >= 0.3 is 29.8 Å². The highest BCUT2D eigenvalue weighted by molar-refractivity contribution is 5.97. The number of carbonyl (C=O) groups is 5.